The second-order valence-electron chi connectivity index (χ2n) is 6.06. The molecule has 0 unspecified atom stereocenters. The van der Waals surface area contributed by atoms with E-state index in [4.69, 9.17) is 11.5 Å². The normalized spacial score (nSPS) is 12.1. The zero-order chi connectivity index (χ0) is 19.4. The van der Waals surface area contributed by atoms with E-state index >= 15 is 0 Å². The Hall–Kier alpha value is -1.67. The minimum absolute atomic E-state index is 0. The van der Waals surface area contributed by atoms with Gasteiger partial charge in [0.25, 0.3) is 0 Å². The van der Waals surface area contributed by atoms with Crippen molar-refractivity contribution in [3.05, 3.63) is 35.4 Å². The molecule has 1 aromatic carbocycles. The summed E-state index contributed by atoms with van der Waals surface area (Å²) in [5.41, 5.74) is 11.4. The molecule has 10 heteroatoms. The van der Waals surface area contributed by atoms with E-state index in [2.05, 4.69) is 22.2 Å². The lowest BCUT2D eigenvalue weighted by atomic mass is 10.1. The van der Waals surface area contributed by atoms with Crippen molar-refractivity contribution in [1.29, 1.82) is 0 Å². The molecule has 1 aromatic rings. The molecular formula is C18H30Cl2F3N5. The molecule has 162 valence electrons. The molecule has 0 aliphatic carbocycles. The highest BCUT2D eigenvalue weighted by Crippen LogP contribution is 2.29. The van der Waals surface area contributed by atoms with Crippen molar-refractivity contribution in [2.45, 2.75) is 58.2 Å². The first kappa shape index (κ1) is 28.5. The zero-order valence-electron chi connectivity index (χ0n) is 16.0. The lowest BCUT2D eigenvalue weighted by molar-refractivity contribution is -0.137. The van der Waals surface area contributed by atoms with Crippen molar-refractivity contribution in [3.8, 4) is 0 Å². The number of nitrogens with one attached hydrogen (secondary N) is 1. The Labute approximate surface area is 177 Å². The topological polar surface area (TPSA) is 88.8 Å². The highest BCUT2D eigenvalue weighted by atomic mass is 35.5. The van der Waals surface area contributed by atoms with Crippen LogP contribution < -0.4 is 16.8 Å². The van der Waals surface area contributed by atoms with Crippen molar-refractivity contribution in [2.24, 2.45) is 21.5 Å². The van der Waals surface area contributed by atoms with Crippen molar-refractivity contribution < 1.29 is 13.2 Å². The van der Waals surface area contributed by atoms with Crippen molar-refractivity contribution in [3.63, 3.8) is 0 Å². The first-order valence-corrected chi connectivity index (χ1v) is 8.86. The molecule has 0 bridgehead atoms. The van der Waals surface area contributed by atoms with Crippen LogP contribution in [0.25, 0.3) is 0 Å². The van der Waals surface area contributed by atoms with Crippen LogP contribution in [0.5, 0.6) is 0 Å². The van der Waals surface area contributed by atoms with Gasteiger partial charge in [0.2, 0.25) is 0 Å². The van der Waals surface area contributed by atoms with Gasteiger partial charge >= 0.3 is 6.18 Å². The van der Waals surface area contributed by atoms with Gasteiger partial charge in [0.1, 0.15) is 0 Å². The van der Waals surface area contributed by atoms with Crippen LogP contribution in [0.4, 0.5) is 13.2 Å². The van der Waals surface area contributed by atoms with Crippen LogP contribution in [0.3, 0.4) is 0 Å². The fraction of sp³-hybridized carbons (Fsp3) is 0.556. The zero-order valence-corrected chi connectivity index (χ0v) is 17.6. The van der Waals surface area contributed by atoms with E-state index < -0.39 is 11.7 Å². The third kappa shape index (κ3) is 12.7. The SMILES string of the molecule is CCCCCCCCN=C(N)NC(N)=NCc1ccc(C(F)(F)F)cc1.Cl.Cl. The fourth-order valence-electron chi connectivity index (χ4n) is 2.28. The summed E-state index contributed by atoms with van der Waals surface area (Å²) in [5.74, 6) is 0.265. The molecule has 0 radical (unpaired) electrons. The number of hydrogen-bond acceptors (Lipinski definition) is 2. The molecule has 0 atom stereocenters. The van der Waals surface area contributed by atoms with Gasteiger partial charge in [-0.05, 0) is 24.1 Å². The Morgan fingerprint density at radius 2 is 1.43 bits per heavy atom. The van der Waals surface area contributed by atoms with Crippen LogP contribution in [0.2, 0.25) is 0 Å². The molecule has 0 aromatic heterocycles. The maximum atomic E-state index is 12.5. The monoisotopic (exact) mass is 443 g/mol. The molecule has 0 saturated heterocycles. The lowest BCUT2D eigenvalue weighted by Gasteiger charge is -2.07. The van der Waals surface area contributed by atoms with Gasteiger partial charge in [-0.1, -0.05) is 51.2 Å². The Morgan fingerprint density at radius 1 is 0.893 bits per heavy atom. The number of nitrogens with two attached hydrogens (primary N) is 2. The van der Waals surface area contributed by atoms with Gasteiger partial charge in [0.15, 0.2) is 11.9 Å². The summed E-state index contributed by atoms with van der Waals surface area (Å²) < 4.78 is 37.5. The Balaban J connectivity index is 0. The molecule has 5 N–H and O–H groups in total. The third-order valence-corrected chi connectivity index (χ3v) is 3.76. The van der Waals surface area contributed by atoms with Gasteiger partial charge in [0.05, 0.1) is 12.1 Å². The summed E-state index contributed by atoms with van der Waals surface area (Å²) >= 11 is 0. The number of aliphatic imine (C=N–C) groups is 2. The molecule has 0 saturated carbocycles. The largest absolute Gasteiger partial charge is 0.416 e. The molecule has 1 rings (SSSR count). The summed E-state index contributed by atoms with van der Waals surface area (Å²) in [6.07, 6.45) is 2.68. The van der Waals surface area contributed by atoms with Crippen LogP contribution in [0, 0.1) is 0 Å². The molecule has 5 nitrogen and oxygen atoms in total. The number of benzene rings is 1. The standard InChI is InChI=1S/C18H28F3N5.2ClH/c1-2-3-4-5-6-7-12-24-16(22)26-17(23)25-13-14-8-10-15(11-9-14)18(19,20)21;;/h8-11H,2-7,12-13H2,1H3,(H5,22,23,24,25,26);2*1H. The highest BCUT2D eigenvalue weighted by Gasteiger charge is 2.29. The molecule has 0 aliphatic rings. The number of rotatable bonds is 9. The average Bonchev–Trinajstić information content (AvgIpc) is 2.59. The molecule has 0 heterocycles. The maximum absolute atomic E-state index is 12.5. The summed E-state index contributed by atoms with van der Waals surface area (Å²) in [7, 11) is 0. The molecule has 0 amide bonds. The average molecular weight is 444 g/mol. The molecular weight excluding hydrogens is 414 g/mol. The van der Waals surface area contributed by atoms with Gasteiger partial charge in [-0.3, -0.25) is 10.3 Å². The number of nitrogens with zero attached hydrogens (tertiary/aromatic N) is 2. The Kier molecular flexibility index (Phi) is 15.6. The second kappa shape index (κ2) is 15.3. The number of halogens is 5. The fourth-order valence-corrected chi connectivity index (χ4v) is 2.28. The van der Waals surface area contributed by atoms with Crippen LogP contribution in [0.15, 0.2) is 34.3 Å². The van der Waals surface area contributed by atoms with Crippen molar-refractivity contribution in [1.82, 2.24) is 5.32 Å². The van der Waals surface area contributed by atoms with Crippen LogP contribution in [0.1, 0.15) is 56.6 Å². The van der Waals surface area contributed by atoms with Gasteiger partial charge in [0, 0.05) is 6.54 Å². The number of unbranched alkanes of at least 4 members (excludes halogenated alkanes) is 5. The van der Waals surface area contributed by atoms with E-state index in [1.54, 1.807) is 0 Å². The number of hydrogen-bond donors (Lipinski definition) is 3. The summed E-state index contributed by atoms with van der Waals surface area (Å²) in [4.78, 5) is 8.22. The third-order valence-electron chi connectivity index (χ3n) is 3.76. The van der Waals surface area contributed by atoms with Gasteiger partial charge in [-0.2, -0.15) is 13.2 Å². The van der Waals surface area contributed by atoms with E-state index in [0.717, 1.165) is 25.0 Å². The van der Waals surface area contributed by atoms with E-state index in [9.17, 15) is 13.2 Å². The molecule has 0 aliphatic heterocycles. The Morgan fingerprint density at radius 3 is 2.00 bits per heavy atom. The van der Waals surface area contributed by atoms with E-state index in [-0.39, 0.29) is 43.3 Å². The smallest absolute Gasteiger partial charge is 0.370 e. The van der Waals surface area contributed by atoms with Crippen molar-refractivity contribution in [2.75, 3.05) is 6.54 Å². The summed E-state index contributed by atoms with van der Waals surface area (Å²) in [6, 6.07) is 4.78. The lowest BCUT2D eigenvalue weighted by Crippen LogP contribution is -2.41. The van der Waals surface area contributed by atoms with E-state index in [1.165, 1.54) is 37.8 Å². The summed E-state index contributed by atoms with van der Waals surface area (Å²) in [5, 5.41) is 2.67. The minimum Gasteiger partial charge on any atom is -0.370 e. The van der Waals surface area contributed by atoms with Crippen LogP contribution in [-0.2, 0) is 12.7 Å². The quantitative estimate of drug-likeness (QED) is 0.295. The molecule has 28 heavy (non-hydrogen) atoms. The molecule has 0 spiro atoms. The number of guanidine groups is 2. The van der Waals surface area contributed by atoms with Crippen molar-refractivity contribution >= 4 is 36.7 Å². The van der Waals surface area contributed by atoms with Gasteiger partial charge < -0.3 is 11.5 Å². The number of alkyl halides is 3. The van der Waals surface area contributed by atoms with Crippen LogP contribution >= 0.6 is 24.8 Å². The predicted molar refractivity (Wildman–Crippen MR) is 114 cm³/mol. The molecule has 0 fully saturated rings. The highest BCUT2D eigenvalue weighted by molar-refractivity contribution is 5.97. The van der Waals surface area contributed by atoms with Gasteiger partial charge in [-0.15, -0.1) is 24.8 Å². The Bertz CT molecular complexity index is 590. The second-order valence-corrected chi connectivity index (χ2v) is 6.06. The predicted octanol–water partition coefficient (Wildman–Crippen LogP) is 4.63. The first-order chi connectivity index (χ1) is 12.3. The summed E-state index contributed by atoms with van der Waals surface area (Å²) in [6.45, 7) is 2.96. The van der Waals surface area contributed by atoms with E-state index in [1.807, 2.05) is 0 Å². The van der Waals surface area contributed by atoms with E-state index in [0.29, 0.717) is 12.1 Å². The van der Waals surface area contributed by atoms with Crippen LogP contribution in [-0.4, -0.2) is 18.5 Å². The maximum Gasteiger partial charge on any atom is 0.416 e. The first-order valence-electron chi connectivity index (χ1n) is 8.86. The van der Waals surface area contributed by atoms with Gasteiger partial charge in [-0.25, -0.2) is 4.99 Å². The minimum atomic E-state index is -4.34.